The summed E-state index contributed by atoms with van der Waals surface area (Å²) in [5.74, 6) is -1.54. The quantitative estimate of drug-likeness (QED) is 0.365. The largest absolute Gasteiger partial charge is 0.444 e. The Kier molecular flexibility index (Phi) is 9.81. The number of nitrogens with one attached hydrogen (secondary N) is 2. The third-order valence-corrected chi connectivity index (χ3v) is 7.91. The maximum Gasteiger partial charge on any atom is 0.407 e. The highest BCUT2D eigenvalue weighted by Crippen LogP contribution is 2.36. The van der Waals surface area contributed by atoms with Crippen LogP contribution in [-0.2, 0) is 15.9 Å². The molecule has 11 heteroatoms. The number of benzene rings is 2. The van der Waals surface area contributed by atoms with Gasteiger partial charge in [0.05, 0.1) is 24.7 Å². The van der Waals surface area contributed by atoms with Gasteiger partial charge in [0.1, 0.15) is 17.7 Å². The van der Waals surface area contributed by atoms with E-state index >= 15 is 0 Å². The van der Waals surface area contributed by atoms with Gasteiger partial charge in [-0.1, -0.05) is 36.8 Å². The molecule has 42 heavy (non-hydrogen) atoms. The molecular formula is C31H37F2N5O4. The zero-order valence-electron chi connectivity index (χ0n) is 23.7. The van der Waals surface area contributed by atoms with Gasteiger partial charge in [-0.25, -0.2) is 18.6 Å². The number of hydrogen-bond donors (Lipinski definition) is 2. The van der Waals surface area contributed by atoms with E-state index in [1.54, 1.807) is 18.3 Å². The lowest BCUT2D eigenvalue weighted by atomic mass is 9.91. The summed E-state index contributed by atoms with van der Waals surface area (Å²) in [4.78, 5) is 33.1. The van der Waals surface area contributed by atoms with Crippen LogP contribution in [0.3, 0.4) is 0 Å². The van der Waals surface area contributed by atoms with Gasteiger partial charge in [-0.05, 0) is 43.4 Å². The number of rotatable bonds is 9. The van der Waals surface area contributed by atoms with Crippen molar-refractivity contribution in [2.24, 2.45) is 0 Å². The normalized spacial score (nSPS) is 20.7. The predicted octanol–water partition coefficient (Wildman–Crippen LogP) is 4.34. The monoisotopic (exact) mass is 581 g/mol. The van der Waals surface area contributed by atoms with Gasteiger partial charge in [0.25, 0.3) is 5.91 Å². The molecule has 5 rings (SSSR count). The standard InChI is InChI=1S/C31H37F2N5O4/c1-41-14-12-35-31(40)42-27-10-6-5-9-26(27)38-20-36-28(29(38)22-7-3-2-4-8-22)30(39)37-13-11-34-19-25(37)17-21-15-23(32)18-24(33)16-21/h2-4,7-8,15-16,18,20,25-27,34H,5-6,9-14,17,19H2,1H3,(H,35,40)/t25-,26?,27?/m0/s1. The molecule has 3 atom stereocenters. The predicted molar refractivity (Wildman–Crippen MR) is 153 cm³/mol. The number of halogens is 2. The fourth-order valence-electron chi connectivity index (χ4n) is 5.97. The van der Waals surface area contributed by atoms with Crippen LogP contribution in [0, 0.1) is 11.6 Å². The van der Waals surface area contributed by atoms with E-state index in [4.69, 9.17) is 9.47 Å². The SMILES string of the molecule is COCCNC(=O)OC1CCCCC1n1cnc(C(=O)N2CCNC[C@@H]2Cc2cc(F)cc(F)c2)c1-c1ccccc1. The van der Waals surface area contributed by atoms with Crippen molar-refractivity contribution in [2.75, 3.05) is 39.9 Å². The van der Waals surface area contributed by atoms with Gasteiger partial charge in [-0.3, -0.25) is 4.79 Å². The maximum absolute atomic E-state index is 14.2. The molecule has 3 aromatic rings. The van der Waals surface area contributed by atoms with Crippen LogP contribution in [-0.4, -0.2) is 78.5 Å². The summed E-state index contributed by atoms with van der Waals surface area (Å²) in [6, 6.07) is 12.5. The molecule has 2 heterocycles. The van der Waals surface area contributed by atoms with E-state index in [2.05, 4.69) is 15.6 Å². The van der Waals surface area contributed by atoms with E-state index in [-0.39, 0.29) is 18.0 Å². The Labute approximate surface area is 244 Å². The van der Waals surface area contributed by atoms with Gasteiger partial charge in [0.2, 0.25) is 0 Å². The Hall–Kier alpha value is -3.83. The maximum atomic E-state index is 14.2. The number of ether oxygens (including phenoxy) is 2. The van der Waals surface area contributed by atoms with Crippen molar-refractivity contribution < 1.29 is 27.8 Å². The summed E-state index contributed by atoms with van der Waals surface area (Å²) >= 11 is 0. The lowest BCUT2D eigenvalue weighted by Gasteiger charge is -2.36. The van der Waals surface area contributed by atoms with Crippen molar-refractivity contribution in [1.82, 2.24) is 25.1 Å². The van der Waals surface area contributed by atoms with Crippen molar-refractivity contribution in [3.63, 3.8) is 0 Å². The van der Waals surface area contributed by atoms with Gasteiger partial charge in [0, 0.05) is 51.0 Å². The molecule has 2 aromatic carbocycles. The number of piperazine rings is 1. The molecule has 0 spiro atoms. The van der Waals surface area contributed by atoms with Gasteiger partial charge < -0.3 is 29.6 Å². The highest BCUT2D eigenvalue weighted by Gasteiger charge is 2.36. The van der Waals surface area contributed by atoms with E-state index in [0.29, 0.717) is 62.6 Å². The molecule has 1 saturated carbocycles. The van der Waals surface area contributed by atoms with E-state index in [9.17, 15) is 18.4 Å². The van der Waals surface area contributed by atoms with Crippen LogP contribution in [0.25, 0.3) is 11.3 Å². The molecule has 2 fully saturated rings. The third-order valence-electron chi connectivity index (χ3n) is 7.91. The first-order valence-electron chi connectivity index (χ1n) is 14.5. The highest BCUT2D eigenvalue weighted by molar-refractivity contribution is 5.98. The average Bonchev–Trinajstić information content (AvgIpc) is 3.42. The second-order valence-electron chi connectivity index (χ2n) is 10.8. The van der Waals surface area contributed by atoms with Crippen LogP contribution in [0.5, 0.6) is 0 Å². The minimum absolute atomic E-state index is 0.203. The molecule has 1 saturated heterocycles. The summed E-state index contributed by atoms with van der Waals surface area (Å²) in [5.41, 5.74) is 2.27. The smallest absolute Gasteiger partial charge is 0.407 e. The van der Waals surface area contributed by atoms with Crippen molar-refractivity contribution in [3.05, 3.63) is 77.8 Å². The molecule has 2 unspecified atom stereocenters. The minimum atomic E-state index is -0.645. The lowest BCUT2D eigenvalue weighted by molar-refractivity contribution is 0.0407. The number of alkyl carbamates (subject to hydrolysis) is 1. The summed E-state index contributed by atoms with van der Waals surface area (Å²) in [5, 5.41) is 6.02. The molecule has 2 aliphatic rings. The second kappa shape index (κ2) is 13.9. The third kappa shape index (κ3) is 6.96. The van der Waals surface area contributed by atoms with Gasteiger partial charge in [0.15, 0.2) is 5.69 Å². The summed E-state index contributed by atoms with van der Waals surface area (Å²) in [6.07, 6.45) is 4.42. The zero-order valence-corrected chi connectivity index (χ0v) is 23.7. The Bertz CT molecular complexity index is 1350. The van der Waals surface area contributed by atoms with Gasteiger partial charge in [-0.2, -0.15) is 0 Å². The molecule has 1 aliphatic carbocycles. The summed E-state index contributed by atoms with van der Waals surface area (Å²) in [6.45, 7) is 2.24. The first-order chi connectivity index (χ1) is 20.4. The van der Waals surface area contributed by atoms with E-state index in [0.717, 1.165) is 30.9 Å². The number of hydrogen-bond acceptors (Lipinski definition) is 6. The van der Waals surface area contributed by atoms with Crippen molar-refractivity contribution >= 4 is 12.0 Å². The Morgan fingerprint density at radius 1 is 1.10 bits per heavy atom. The molecule has 2 amide bonds. The second-order valence-corrected chi connectivity index (χ2v) is 10.8. The Balaban J connectivity index is 1.45. The number of amides is 2. The number of nitrogens with zero attached hydrogens (tertiary/aromatic N) is 3. The van der Waals surface area contributed by atoms with Crippen LogP contribution in [0.4, 0.5) is 13.6 Å². The van der Waals surface area contributed by atoms with E-state index in [1.165, 1.54) is 12.1 Å². The average molecular weight is 582 g/mol. The number of carbonyl (C=O) groups excluding carboxylic acids is 2. The number of carbonyl (C=O) groups is 2. The molecule has 1 aliphatic heterocycles. The van der Waals surface area contributed by atoms with E-state index < -0.39 is 23.8 Å². The Morgan fingerprint density at radius 2 is 1.86 bits per heavy atom. The number of imidazole rings is 1. The summed E-state index contributed by atoms with van der Waals surface area (Å²) < 4.78 is 40.7. The van der Waals surface area contributed by atoms with Crippen LogP contribution in [0.2, 0.25) is 0 Å². The van der Waals surface area contributed by atoms with Gasteiger partial charge >= 0.3 is 6.09 Å². The first kappa shape index (κ1) is 29.7. The molecule has 0 bridgehead atoms. The van der Waals surface area contributed by atoms with Gasteiger partial charge in [-0.15, -0.1) is 0 Å². The summed E-state index contributed by atoms with van der Waals surface area (Å²) in [7, 11) is 1.57. The van der Waals surface area contributed by atoms with Crippen LogP contribution < -0.4 is 10.6 Å². The van der Waals surface area contributed by atoms with Crippen LogP contribution >= 0.6 is 0 Å². The molecule has 224 valence electrons. The first-order valence-corrected chi connectivity index (χ1v) is 14.5. The van der Waals surface area contributed by atoms with Crippen molar-refractivity contribution in [2.45, 2.75) is 50.3 Å². The molecule has 2 N–H and O–H groups in total. The minimum Gasteiger partial charge on any atom is -0.444 e. The number of aromatic nitrogens is 2. The lowest BCUT2D eigenvalue weighted by Crippen LogP contribution is -2.54. The highest BCUT2D eigenvalue weighted by atomic mass is 19.1. The fourth-order valence-corrected chi connectivity index (χ4v) is 5.97. The molecule has 1 aromatic heterocycles. The fraction of sp³-hybridized carbons (Fsp3) is 0.452. The van der Waals surface area contributed by atoms with Crippen molar-refractivity contribution in [3.8, 4) is 11.3 Å². The zero-order chi connectivity index (χ0) is 29.5. The number of methoxy groups -OCH3 is 1. The van der Waals surface area contributed by atoms with E-state index in [1.807, 2.05) is 34.9 Å². The Morgan fingerprint density at radius 3 is 2.62 bits per heavy atom. The molecule has 0 radical (unpaired) electrons. The topological polar surface area (TPSA) is 97.7 Å². The van der Waals surface area contributed by atoms with Crippen LogP contribution in [0.1, 0.15) is 47.8 Å². The van der Waals surface area contributed by atoms with Crippen LogP contribution in [0.15, 0.2) is 54.9 Å². The molecule has 9 nitrogen and oxygen atoms in total. The molecular weight excluding hydrogens is 544 g/mol. The van der Waals surface area contributed by atoms with Crippen molar-refractivity contribution in [1.29, 1.82) is 0 Å².